The van der Waals surface area contributed by atoms with Gasteiger partial charge in [-0.05, 0) is 37.8 Å². The molecule has 0 bridgehead atoms. The van der Waals surface area contributed by atoms with Gasteiger partial charge in [0.2, 0.25) is 0 Å². The van der Waals surface area contributed by atoms with Gasteiger partial charge in [-0.1, -0.05) is 30.3 Å². The minimum Gasteiger partial charge on any atom is -0.496 e. The van der Waals surface area contributed by atoms with Crippen LogP contribution in [-0.2, 0) is 6.54 Å². The molecule has 0 heterocycles. The molecule has 2 aromatic carbocycles. The number of rotatable bonds is 5. The molecule has 0 aliphatic heterocycles. The molecule has 0 aromatic heterocycles. The molecule has 0 aliphatic rings. The molecule has 3 heteroatoms. The van der Waals surface area contributed by atoms with Crippen LogP contribution in [0.3, 0.4) is 0 Å². The first-order valence-electron chi connectivity index (χ1n) is 6.93. The maximum atomic E-state index is 9.77. The van der Waals surface area contributed by atoms with Crippen LogP contribution in [0.2, 0.25) is 0 Å². The number of fused-ring (bicyclic) bond motifs is 1. The second-order valence-electron chi connectivity index (χ2n) is 5.72. The molecule has 0 saturated heterocycles. The van der Waals surface area contributed by atoms with Gasteiger partial charge in [-0.2, -0.15) is 0 Å². The Morgan fingerprint density at radius 3 is 2.40 bits per heavy atom. The van der Waals surface area contributed by atoms with Crippen LogP contribution in [0, 0.1) is 0 Å². The van der Waals surface area contributed by atoms with Gasteiger partial charge in [0, 0.05) is 17.5 Å². The third-order valence-corrected chi connectivity index (χ3v) is 3.97. The molecule has 0 radical (unpaired) electrons. The maximum Gasteiger partial charge on any atom is 0.126 e. The van der Waals surface area contributed by atoms with Gasteiger partial charge >= 0.3 is 0 Å². The van der Waals surface area contributed by atoms with Crippen LogP contribution in [0.4, 0.5) is 0 Å². The van der Waals surface area contributed by atoms with Crippen LogP contribution in [0.15, 0.2) is 36.4 Å². The fourth-order valence-corrected chi connectivity index (χ4v) is 2.14. The predicted molar refractivity (Wildman–Crippen MR) is 83.1 cm³/mol. The molecule has 0 aliphatic carbocycles. The highest BCUT2D eigenvalue weighted by Gasteiger charge is 2.23. The van der Waals surface area contributed by atoms with E-state index in [1.807, 2.05) is 32.0 Å². The summed E-state index contributed by atoms with van der Waals surface area (Å²) in [5, 5.41) is 15.5. The predicted octanol–water partition coefficient (Wildman–Crippen LogP) is 3.10. The summed E-state index contributed by atoms with van der Waals surface area (Å²) in [7, 11) is 1.69. The highest BCUT2D eigenvalue weighted by molar-refractivity contribution is 5.91. The normalized spacial score (nSPS) is 13.4. The molecule has 0 saturated carbocycles. The second kappa shape index (κ2) is 5.81. The van der Waals surface area contributed by atoms with E-state index in [0.29, 0.717) is 6.54 Å². The lowest BCUT2D eigenvalue weighted by Crippen LogP contribution is -2.47. The molecule has 108 valence electrons. The van der Waals surface area contributed by atoms with E-state index in [4.69, 9.17) is 4.74 Å². The van der Waals surface area contributed by atoms with E-state index in [0.717, 1.165) is 11.1 Å². The minimum absolute atomic E-state index is 0.318. The van der Waals surface area contributed by atoms with E-state index in [9.17, 15) is 5.11 Å². The largest absolute Gasteiger partial charge is 0.496 e. The topological polar surface area (TPSA) is 41.5 Å². The Morgan fingerprint density at radius 1 is 1.15 bits per heavy atom. The summed E-state index contributed by atoms with van der Waals surface area (Å²) in [5.41, 5.74) is 0.885. The Balaban J connectivity index is 2.32. The molecule has 2 aromatic rings. The van der Waals surface area contributed by atoms with E-state index in [2.05, 4.69) is 23.5 Å². The standard InChI is InChI=1S/C17H23NO2/c1-12(19)17(2,3)18-11-13-9-10-16(20-4)15-8-6-5-7-14(13)15/h5-10,12,18-19H,11H2,1-4H3. The summed E-state index contributed by atoms with van der Waals surface area (Å²) in [4.78, 5) is 0. The van der Waals surface area contributed by atoms with Gasteiger partial charge in [-0.25, -0.2) is 0 Å². The molecular weight excluding hydrogens is 250 g/mol. The summed E-state index contributed by atoms with van der Waals surface area (Å²) in [6.07, 6.45) is -0.410. The van der Waals surface area contributed by atoms with Crippen molar-refractivity contribution in [2.45, 2.75) is 39.0 Å². The maximum absolute atomic E-state index is 9.77. The molecular formula is C17H23NO2. The Labute approximate surface area is 120 Å². The van der Waals surface area contributed by atoms with Crippen LogP contribution in [-0.4, -0.2) is 23.9 Å². The highest BCUT2D eigenvalue weighted by Crippen LogP contribution is 2.28. The summed E-state index contributed by atoms with van der Waals surface area (Å²) in [5.74, 6) is 0.888. The summed E-state index contributed by atoms with van der Waals surface area (Å²) >= 11 is 0. The molecule has 2 rings (SSSR count). The van der Waals surface area contributed by atoms with Gasteiger partial charge in [-0.15, -0.1) is 0 Å². The number of nitrogens with one attached hydrogen (secondary N) is 1. The van der Waals surface area contributed by atoms with E-state index in [-0.39, 0.29) is 5.54 Å². The van der Waals surface area contributed by atoms with Crippen molar-refractivity contribution in [3.63, 3.8) is 0 Å². The SMILES string of the molecule is COc1ccc(CNC(C)(C)C(C)O)c2ccccc12. The number of aliphatic hydroxyl groups excluding tert-OH is 1. The monoisotopic (exact) mass is 273 g/mol. The zero-order valence-corrected chi connectivity index (χ0v) is 12.6. The van der Waals surface area contributed by atoms with Gasteiger partial charge < -0.3 is 15.2 Å². The number of hydrogen-bond donors (Lipinski definition) is 2. The van der Waals surface area contributed by atoms with E-state index in [1.54, 1.807) is 14.0 Å². The molecule has 0 spiro atoms. The lowest BCUT2D eigenvalue weighted by atomic mass is 9.97. The quantitative estimate of drug-likeness (QED) is 0.879. The Hall–Kier alpha value is -1.58. The van der Waals surface area contributed by atoms with Gasteiger partial charge in [0.1, 0.15) is 5.75 Å². The van der Waals surface area contributed by atoms with Crippen molar-refractivity contribution in [1.82, 2.24) is 5.32 Å². The first-order chi connectivity index (χ1) is 9.45. The molecule has 20 heavy (non-hydrogen) atoms. The minimum atomic E-state index is -0.410. The van der Waals surface area contributed by atoms with Gasteiger partial charge in [0.05, 0.1) is 13.2 Å². The highest BCUT2D eigenvalue weighted by atomic mass is 16.5. The third kappa shape index (κ3) is 2.94. The molecule has 1 atom stereocenters. The van der Waals surface area contributed by atoms with E-state index >= 15 is 0 Å². The second-order valence-corrected chi connectivity index (χ2v) is 5.72. The number of ether oxygens (including phenoxy) is 1. The van der Waals surface area contributed by atoms with Gasteiger partial charge in [-0.3, -0.25) is 0 Å². The number of aliphatic hydroxyl groups is 1. The average molecular weight is 273 g/mol. The number of benzene rings is 2. The number of methoxy groups -OCH3 is 1. The zero-order valence-electron chi connectivity index (χ0n) is 12.6. The van der Waals surface area contributed by atoms with Crippen LogP contribution in [0.25, 0.3) is 10.8 Å². The average Bonchev–Trinajstić information content (AvgIpc) is 2.44. The van der Waals surface area contributed by atoms with Crippen molar-refractivity contribution >= 4 is 10.8 Å². The van der Waals surface area contributed by atoms with Crippen molar-refractivity contribution in [3.05, 3.63) is 42.0 Å². The van der Waals surface area contributed by atoms with E-state index in [1.165, 1.54) is 10.9 Å². The van der Waals surface area contributed by atoms with Crippen LogP contribution in [0.1, 0.15) is 26.3 Å². The lowest BCUT2D eigenvalue weighted by Gasteiger charge is -2.29. The van der Waals surface area contributed by atoms with Crippen molar-refractivity contribution in [2.24, 2.45) is 0 Å². The lowest BCUT2D eigenvalue weighted by molar-refractivity contribution is 0.0957. The van der Waals surface area contributed by atoms with Crippen molar-refractivity contribution < 1.29 is 9.84 Å². The van der Waals surface area contributed by atoms with Crippen molar-refractivity contribution in [3.8, 4) is 5.75 Å². The first kappa shape index (κ1) is 14.8. The first-order valence-corrected chi connectivity index (χ1v) is 6.93. The zero-order chi connectivity index (χ0) is 14.8. The van der Waals surface area contributed by atoms with E-state index < -0.39 is 6.10 Å². The number of hydrogen-bond acceptors (Lipinski definition) is 3. The van der Waals surface area contributed by atoms with Crippen molar-refractivity contribution in [1.29, 1.82) is 0 Å². The molecule has 1 unspecified atom stereocenters. The summed E-state index contributed by atoms with van der Waals surface area (Å²) in [6, 6.07) is 12.3. The fourth-order valence-electron chi connectivity index (χ4n) is 2.14. The fraction of sp³-hybridized carbons (Fsp3) is 0.412. The van der Waals surface area contributed by atoms with Crippen LogP contribution < -0.4 is 10.1 Å². The molecule has 3 nitrogen and oxygen atoms in total. The van der Waals surface area contributed by atoms with Gasteiger partial charge in [0.25, 0.3) is 0 Å². The van der Waals surface area contributed by atoms with Crippen LogP contribution in [0.5, 0.6) is 5.75 Å². The Morgan fingerprint density at radius 2 is 1.80 bits per heavy atom. The third-order valence-electron chi connectivity index (χ3n) is 3.97. The van der Waals surface area contributed by atoms with Gasteiger partial charge in [0.15, 0.2) is 0 Å². The summed E-state index contributed by atoms with van der Waals surface area (Å²) < 4.78 is 5.41. The van der Waals surface area contributed by atoms with Crippen molar-refractivity contribution in [2.75, 3.05) is 7.11 Å². The summed E-state index contributed by atoms with van der Waals surface area (Å²) in [6.45, 7) is 6.52. The van der Waals surface area contributed by atoms with Crippen LogP contribution >= 0.6 is 0 Å². The Kier molecular flexibility index (Phi) is 4.31. The molecule has 0 fully saturated rings. The molecule has 0 amide bonds. The smallest absolute Gasteiger partial charge is 0.126 e. The Bertz CT molecular complexity index is 591. The molecule has 2 N–H and O–H groups in total.